The maximum Gasteiger partial charge on any atom is 0.187 e. The van der Waals surface area contributed by atoms with Crippen LogP contribution in [0.25, 0.3) is 27.1 Å². The monoisotopic (exact) mass is 537 g/mol. The van der Waals surface area contributed by atoms with Gasteiger partial charge in [0.25, 0.3) is 0 Å². The third-order valence-corrected chi connectivity index (χ3v) is 7.94. The fourth-order valence-corrected chi connectivity index (χ4v) is 6.11. The average molecular weight is 538 g/mol. The molecule has 0 aromatic heterocycles. The van der Waals surface area contributed by atoms with Crippen LogP contribution in [0, 0.1) is 38.2 Å². The standard InChI is InChI=1S/C19H18O2.C18H13NO/c1-4-5-18(20)19-14-8-6-12(2)10-16(14)17-11-13(21-3)7-9-15(17)19;1-3-6-17(20)18-14-8-5-4-7-13(14)16-11-12(19-2)9-10-15(16)18/h1,6-11,18-20H,5H2,2-3H3;1,4-5,7-11,17-18,20H,6H2. The summed E-state index contributed by atoms with van der Waals surface area (Å²) in [6.45, 7) is 9.21. The van der Waals surface area contributed by atoms with E-state index in [1.165, 1.54) is 11.1 Å². The predicted molar refractivity (Wildman–Crippen MR) is 164 cm³/mol. The van der Waals surface area contributed by atoms with Crippen molar-refractivity contribution in [2.45, 2.75) is 43.8 Å². The van der Waals surface area contributed by atoms with Crippen molar-refractivity contribution in [1.82, 2.24) is 0 Å². The topological polar surface area (TPSA) is 54.0 Å². The highest BCUT2D eigenvalue weighted by Crippen LogP contribution is 2.49. The number of terminal acetylenes is 2. The quantitative estimate of drug-likeness (QED) is 0.209. The highest BCUT2D eigenvalue weighted by molar-refractivity contribution is 5.82. The van der Waals surface area contributed by atoms with Gasteiger partial charge in [0, 0.05) is 24.7 Å². The minimum absolute atomic E-state index is 0.0578. The summed E-state index contributed by atoms with van der Waals surface area (Å²) in [6, 6.07) is 26.0. The van der Waals surface area contributed by atoms with Gasteiger partial charge in [0.15, 0.2) is 5.69 Å². The molecule has 2 aliphatic rings. The summed E-state index contributed by atoms with van der Waals surface area (Å²) in [5, 5.41) is 20.8. The summed E-state index contributed by atoms with van der Waals surface area (Å²) in [6.07, 6.45) is 10.2. The molecule has 0 heterocycles. The summed E-state index contributed by atoms with van der Waals surface area (Å²) < 4.78 is 5.33. The molecule has 4 atom stereocenters. The van der Waals surface area contributed by atoms with E-state index in [9.17, 15) is 10.2 Å². The lowest BCUT2D eigenvalue weighted by molar-refractivity contribution is 0.163. The molecule has 0 radical (unpaired) electrons. The second-order valence-electron chi connectivity index (χ2n) is 10.4. The van der Waals surface area contributed by atoms with E-state index in [4.69, 9.17) is 24.2 Å². The van der Waals surface area contributed by atoms with Gasteiger partial charge in [-0.2, -0.15) is 0 Å². The van der Waals surface area contributed by atoms with Gasteiger partial charge in [0.05, 0.1) is 25.9 Å². The molecule has 0 aliphatic heterocycles. The van der Waals surface area contributed by atoms with E-state index >= 15 is 0 Å². The molecule has 41 heavy (non-hydrogen) atoms. The Morgan fingerprint density at radius 1 is 0.756 bits per heavy atom. The molecule has 202 valence electrons. The first kappa shape index (κ1) is 27.8. The number of nitrogens with zero attached hydrogens (tertiary/aromatic N) is 1. The van der Waals surface area contributed by atoms with Gasteiger partial charge in [-0.25, -0.2) is 4.85 Å². The zero-order valence-electron chi connectivity index (χ0n) is 23.1. The molecule has 0 spiro atoms. The van der Waals surface area contributed by atoms with Gasteiger partial charge < -0.3 is 14.9 Å². The first-order valence-electron chi connectivity index (χ1n) is 13.5. The molecule has 0 bridgehead atoms. The Hall–Kier alpha value is -4.79. The largest absolute Gasteiger partial charge is 0.497 e. The molecule has 4 aromatic carbocycles. The Morgan fingerprint density at radius 2 is 1.29 bits per heavy atom. The van der Waals surface area contributed by atoms with Crippen LogP contribution < -0.4 is 4.74 Å². The van der Waals surface area contributed by atoms with E-state index in [-0.39, 0.29) is 11.8 Å². The van der Waals surface area contributed by atoms with Crippen LogP contribution in [0.1, 0.15) is 52.5 Å². The maximum atomic E-state index is 10.5. The molecule has 4 unspecified atom stereocenters. The van der Waals surface area contributed by atoms with Crippen LogP contribution in [-0.4, -0.2) is 29.5 Å². The Morgan fingerprint density at radius 3 is 1.90 bits per heavy atom. The fraction of sp³-hybridized carbons (Fsp3) is 0.216. The number of benzene rings is 4. The molecular weight excluding hydrogens is 506 g/mol. The Labute approximate surface area is 242 Å². The van der Waals surface area contributed by atoms with Gasteiger partial charge in [-0.1, -0.05) is 66.2 Å². The van der Waals surface area contributed by atoms with Crippen molar-refractivity contribution in [3.05, 3.63) is 118 Å². The third-order valence-electron chi connectivity index (χ3n) is 7.94. The number of rotatable bonds is 5. The molecule has 2 aliphatic carbocycles. The Balaban J connectivity index is 0.000000165. The Bertz CT molecular complexity index is 1730. The van der Waals surface area contributed by atoms with Crippen LogP contribution in [0.15, 0.2) is 78.9 Å². The summed E-state index contributed by atoms with van der Waals surface area (Å²) in [7, 11) is 1.67. The lowest BCUT2D eigenvalue weighted by Crippen LogP contribution is -2.17. The molecule has 4 heteroatoms. The van der Waals surface area contributed by atoms with Crippen molar-refractivity contribution in [3.63, 3.8) is 0 Å². The predicted octanol–water partition coefficient (Wildman–Crippen LogP) is 7.23. The number of hydrogen-bond donors (Lipinski definition) is 2. The first-order chi connectivity index (χ1) is 19.9. The van der Waals surface area contributed by atoms with Gasteiger partial charge in [0.1, 0.15) is 5.75 Å². The smallest absolute Gasteiger partial charge is 0.187 e. The van der Waals surface area contributed by atoms with Gasteiger partial charge in [-0.05, 0) is 69.6 Å². The molecule has 0 saturated heterocycles. The average Bonchev–Trinajstić information content (AvgIpc) is 3.49. The minimum atomic E-state index is -0.596. The van der Waals surface area contributed by atoms with Crippen LogP contribution in [0.2, 0.25) is 0 Å². The molecular formula is C37H31NO3. The van der Waals surface area contributed by atoms with E-state index in [1.54, 1.807) is 13.2 Å². The van der Waals surface area contributed by atoms with Crippen molar-refractivity contribution < 1.29 is 14.9 Å². The molecule has 4 nitrogen and oxygen atoms in total. The molecule has 4 aromatic rings. The fourth-order valence-electron chi connectivity index (χ4n) is 6.11. The Kier molecular flexibility index (Phi) is 7.96. The van der Waals surface area contributed by atoms with Crippen LogP contribution in [0.4, 0.5) is 5.69 Å². The van der Waals surface area contributed by atoms with Crippen molar-refractivity contribution in [1.29, 1.82) is 0 Å². The van der Waals surface area contributed by atoms with Crippen LogP contribution in [-0.2, 0) is 0 Å². The van der Waals surface area contributed by atoms with Gasteiger partial charge in [-0.15, -0.1) is 24.7 Å². The second kappa shape index (κ2) is 11.8. The number of aliphatic hydroxyl groups is 2. The van der Waals surface area contributed by atoms with Gasteiger partial charge in [-0.3, -0.25) is 0 Å². The summed E-state index contributed by atoms with van der Waals surface area (Å²) in [5.41, 5.74) is 10.7. The number of ether oxygens (including phenoxy) is 1. The minimum Gasteiger partial charge on any atom is -0.497 e. The number of hydrogen-bond acceptors (Lipinski definition) is 3. The molecule has 0 saturated carbocycles. The highest BCUT2D eigenvalue weighted by atomic mass is 16.5. The van der Waals surface area contributed by atoms with Crippen LogP contribution in [0.5, 0.6) is 5.75 Å². The number of aryl methyl sites for hydroxylation is 1. The van der Waals surface area contributed by atoms with E-state index in [0.717, 1.165) is 44.7 Å². The van der Waals surface area contributed by atoms with Crippen LogP contribution in [0.3, 0.4) is 0 Å². The van der Waals surface area contributed by atoms with Crippen molar-refractivity contribution in [2.24, 2.45) is 0 Å². The second-order valence-corrected chi connectivity index (χ2v) is 10.4. The van der Waals surface area contributed by atoms with Crippen LogP contribution >= 0.6 is 0 Å². The van der Waals surface area contributed by atoms with Crippen molar-refractivity contribution >= 4 is 5.69 Å². The van der Waals surface area contributed by atoms with E-state index in [2.05, 4.69) is 41.8 Å². The van der Waals surface area contributed by atoms with Gasteiger partial charge >= 0.3 is 0 Å². The number of methoxy groups -OCH3 is 1. The molecule has 6 rings (SSSR count). The van der Waals surface area contributed by atoms with Crippen molar-refractivity contribution in [2.75, 3.05) is 7.11 Å². The highest BCUT2D eigenvalue weighted by Gasteiger charge is 2.34. The lowest BCUT2D eigenvalue weighted by atomic mass is 9.89. The first-order valence-corrected chi connectivity index (χ1v) is 13.5. The summed E-state index contributed by atoms with van der Waals surface area (Å²) in [4.78, 5) is 3.48. The van der Waals surface area contributed by atoms with Gasteiger partial charge in [0.2, 0.25) is 0 Å². The zero-order chi connectivity index (χ0) is 29.1. The maximum absolute atomic E-state index is 10.5. The molecule has 2 N–H and O–H groups in total. The van der Waals surface area contributed by atoms with E-state index < -0.39 is 12.2 Å². The number of fused-ring (bicyclic) bond motifs is 6. The lowest BCUT2D eigenvalue weighted by Gasteiger charge is -2.19. The SMILES string of the molecule is C#CCC(O)C1c2ccc(C)cc2-c2cc(OC)ccc21.[C-]#[N+]c1ccc2c(c1)-c1ccccc1C2C(O)CC#C. The molecule has 0 fully saturated rings. The van der Waals surface area contributed by atoms with E-state index in [1.807, 2.05) is 54.6 Å². The normalized spacial score (nSPS) is 16.7. The third kappa shape index (κ3) is 5.11. The summed E-state index contributed by atoms with van der Waals surface area (Å²) >= 11 is 0. The van der Waals surface area contributed by atoms with E-state index in [0.29, 0.717) is 18.5 Å². The summed E-state index contributed by atoms with van der Waals surface area (Å²) in [5.74, 6) is 5.76. The van der Waals surface area contributed by atoms with Crippen molar-refractivity contribution in [3.8, 4) is 52.7 Å². The number of aliphatic hydroxyl groups excluding tert-OH is 2. The zero-order valence-corrected chi connectivity index (χ0v) is 23.1. The molecule has 0 amide bonds.